The molecule has 2 N–H and O–H groups in total. The summed E-state index contributed by atoms with van der Waals surface area (Å²) in [6.45, 7) is 11.8. The van der Waals surface area contributed by atoms with Crippen molar-refractivity contribution in [1.29, 1.82) is 0 Å². The Morgan fingerprint density at radius 1 is 1.05 bits per heavy atom. The maximum Gasteiger partial charge on any atom is 0.0112 e. The minimum atomic E-state index is 0.641. The monoisotopic (exact) mass is 267 g/mol. The zero-order valence-corrected chi connectivity index (χ0v) is 13.0. The second-order valence-corrected chi connectivity index (χ2v) is 6.94. The maximum atomic E-state index is 5.75. The summed E-state index contributed by atoms with van der Waals surface area (Å²) in [6.07, 6.45) is 7.08. The molecule has 0 bridgehead atoms. The maximum absolute atomic E-state index is 5.75. The molecule has 1 saturated heterocycles. The van der Waals surface area contributed by atoms with Gasteiger partial charge in [0, 0.05) is 25.7 Å². The zero-order chi connectivity index (χ0) is 13.7. The molecule has 1 aliphatic heterocycles. The highest BCUT2D eigenvalue weighted by molar-refractivity contribution is 4.81. The molecule has 1 saturated carbocycles. The van der Waals surface area contributed by atoms with Gasteiger partial charge in [-0.2, -0.15) is 0 Å². The lowest BCUT2D eigenvalue weighted by molar-refractivity contribution is 0.141. The van der Waals surface area contributed by atoms with Crippen molar-refractivity contribution in [3.63, 3.8) is 0 Å². The Kier molecular flexibility index (Phi) is 6.11. The van der Waals surface area contributed by atoms with E-state index in [2.05, 4.69) is 23.6 Å². The van der Waals surface area contributed by atoms with Crippen LogP contribution in [-0.2, 0) is 0 Å². The molecule has 0 radical (unpaired) electrons. The van der Waals surface area contributed by atoms with Crippen LogP contribution in [0, 0.1) is 11.8 Å². The van der Waals surface area contributed by atoms with Gasteiger partial charge in [-0.05, 0) is 63.6 Å². The highest BCUT2D eigenvalue weighted by Crippen LogP contribution is 2.27. The van der Waals surface area contributed by atoms with Crippen molar-refractivity contribution in [1.82, 2.24) is 9.80 Å². The van der Waals surface area contributed by atoms with Crippen LogP contribution >= 0.6 is 0 Å². The van der Waals surface area contributed by atoms with Crippen molar-refractivity contribution in [2.75, 3.05) is 39.3 Å². The lowest BCUT2D eigenvalue weighted by atomic mass is 9.86. The SMILES string of the molecule is CC1CCC(N2CCCN(CC(C)CN)CC2)CC1. The van der Waals surface area contributed by atoms with E-state index in [0.717, 1.165) is 18.5 Å². The van der Waals surface area contributed by atoms with Crippen LogP contribution in [0.4, 0.5) is 0 Å². The second-order valence-electron chi connectivity index (χ2n) is 6.94. The van der Waals surface area contributed by atoms with E-state index >= 15 is 0 Å². The molecule has 1 aliphatic carbocycles. The Hall–Kier alpha value is -0.120. The standard InChI is InChI=1S/C16H33N3/c1-14-4-6-16(7-5-14)19-9-3-8-18(10-11-19)13-15(2)12-17/h14-16H,3-13,17H2,1-2H3. The van der Waals surface area contributed by atoms with Gasteiger partial charge in [0.05, 0.1) is 0 Å². The van der Waals surface area contributed by atoms with E-state index < -0.39 is 0 Å². The fraction of sp³-hybridized carbons (Fsp3) is 1.00. The van der Waals surface area contributed by atoms with Gasteiger partial charge in [-0.1, -0.05) is 13.8 Å². The Bertz CT molecular complexity index is 248. The van der Waals surface area contributed by atoms with E-state index in [-0.39, 0.29) is 0 Å². The molecule has 1 unspecified atom stereocenters. The third-order valence-corrected chi connectivity index (χ3v) is 5.10. The third kappa shape index (κ3) is 4.73. The largest absolute Gasteiger partial charge is 0.330 e. The van der Waals surface area contributed by atoms with Gasteiger partial charge >= 0.3 is 0 Å². The van der Waals surface area contributed by atoms with E-state index in [1.165, 1.54) is 64.8 Å². The average Bonchev–Trinajstić information content (AvgIpc) is 2.65. The molecular weight excluding hydrogens is 234 g/mol. The second kappa shape index (κ2) is 7.61. The van der Waals surface area contributed by atoms with Gasteiger partial charge in [0.15, 0.2) is 0 Å². The predicted molar refractivity (Wildman–Crippen MR) is 82.3 cm³/mol. The molecule has 19 heavy (non-hydrogen) atoms. The Morgan fingerprint density at radius 3 is 2.47 bits per heavy atom. The molecule has 0 amide bonds. The summed E-state index contributed by atoms with van der Waals surface area (Å²) in [4.78, 5) is 5.40. The summed E-state index contributed by atoms with van der Waals surface area (Å²) < 4.78 is 0. The summed E-state index contributed by atoms with van der Waals surface area (Å²) in [7, 11) is 0. The van der Waals surface area contributed by atoms with Crippen molar-refractivity contribution in [2.45, 2.75) is 52.0 Å². The van der Waals surface area contributed by atoms with Crippen LogP contribution in [-0.4, -0.2) is 55.1 Å². The average molecular weight is 267 g/mol. The van der Waals surface area contributed by atoms with Gasteiger partial charge in [-0.3, -0.25) is 4.90 Å². The topological polar surface area (TPSA) is 32.5 Å². The smallest absolute Gasteiger partial charge is 0.0112 e. The minimum absolute atomic E-state index is 0.641. The molecule has 0 aromatic rings. The molecule has 0 spiro atoms. The zero-order valence-electron chi connectivity index (χ0n) is 13.0. The molecule has 1 heterocycles. The first-order chi connectivity index (χ1) is 9.19. The van der Waals surface area contributed by atoms with Crippen molar-refractivity contribution < 1.29 is 0 Å². The van der Waals surface area contributed by atoms with Gasteiger partial charge < -0.3 is 10.6 Å². The normalized spacial score (nSPS) is 33.0. The third-order valence-electron chi connectivity index (χ3n) is 5.10. The summed E-state index contributed by atoms with van der Waals surface area (Å²) in [5, 5.41) is 0. The molecule has 3 nitrogen and oxygen atoms in total. The first-order valence-corrected chi connectivity index (χ1v) is 8.35. The van der Waals surface area contributed by atoms with Gasteiger partial charge in [0.1, 0.15) is 0 Å². The van der Waals surface area contributed by atoms with Crippen molar-refractivity contribution in [3.05, 3.63) is 0 Å². The summed E-state index contributed by atoms with van der Waals surface area (Å²) >= 11 is 0. The molecule has 1 atom stereocenters. The van der Waals surface area contributed by atoms with E-state index in [4.69, 9.17) is 5.73 Å². The van der Waals surface area contributed by atoms with Crippen molar-refractivity contribution >= 4 is 0 Å². The molecule has 2 aliphatic rings. The lowest BCUT2D eigenvalue weighted by Gasteiger charge is -2.35. The van der Waals surface area contributed by atoms with Crippen LogP contribution in [0.25, 0.3) is 0 Å². The molecule has 0 aromatic heterocycles. The Morgan fingerprint density at radius 2 is 1.79 bits per heavy atom. The summed E-state index contributed by atoms with van der Waals surface area (Å²) in [5.74, 6) is 1.60. The molecule has 2 rings (SSSR count). The summed E-state index contributed by atoms with van der Waals surface area (Å²) in [5.41, 5.74) is 5.75. The van der Waals surface area contributed by atoms with Crippen LogP contribution in [0.15, 0.2) is 0 Å². The van der Waals surface area contributed by atoms with Crippen LogP contribution in [0.5, 0.6) is 0 Å². The van der Waals surface area contributed by atoms with E-state index in [0.29, 0.717) is 5.92 Å². The van der Waals surface area contributed by atoms with Gasteiger partial charge in [0.25, 0.3) is 0 Å². The van der Waals surface area contributed by atoms with Gasteiger partial charge in [-0.25, -0.2) is 0 Å². The highest BCUT2D eigenvalue weighted by Gasteiger charge is 2.25. The van der Waals surface area contributed by atoms with Crippen molar-refractivity contribution in [3.8, 4) is 0 Å². The summed E-state index contributed by atoms with van der Waals surface area (Å²) in [6, 6.07) is 0.878. The van der Waals surface area contributed by atoms with Crippen LogP contribution in [0.1, 0.15) is 46.0 Å². The molecule has 112 valence electrons. The minimum Gasteiger partial charge on any atom is -0.330 e. The number of nitrogens with zero attached hydrogens (tertiary/aromatic N) is 2. The van der Waals surface area contributed by atoms with Gasteiger partial charge in [-0.15, -0.1) is 0 Å². The van der Waals surface area contributed by atoms with E-state index in [9.17, 15) is 0 Å². The van der Waals surface area contributed by atoms with Crippen molar-refractivity contribution in [2.24, 2.45) is 17.6 Å². The van der Waals surface area contributed by atoms with Crippen LogP contribution < -0.4 is 5.73 Å². The number of rotatable bonds is 4. The van der Waals surface area contributed by atoms with Crippen LogP contribution in [0.2, 0.25) is 0 Å². The van der Waals surface area contributed by atoms with Gasteiger partial charge in [0.2, 0.25) is 0 Å². The fourth-order valence-corrected chi connectivity index (χ4v) is 3.66. The van der Waals surface area contributed by atoms with Crippen LogP contribution in [0.3, 0.4) is 0 Å². The molecule has 0 aromatic carbocycles. The predicted octanol–water partition coefficient (Wildman–Crippen LogP) is 2.17. The fourth-order valence-electron chi connectivity index (χ4n) is 3.66. The molecule has 2 fully saturated rings. The first-order valence-electron chi connectivity index (χ1n) is 8.35. The Labute approximate surface area is 119 Å². The van der Waals surface area contributed by atoms with E-state index in [1.54, 1.807) is 0 Å². The molecular formula is C16H33N3. The molecule has 3 heteroatoms. The lowest BCUT2D eigenvalue weighted by Crippen LogP contribution is -2.41. The quantitative estimate of drug-likeness (QED) is 0.847. The number of nitrogens with two attached hydrogens (primary N) is 1. The van der Waals surface area contributed by atoms with E-state index in [1.807, 2.05) is 0 Å². The Balaban J connectivity index is 1.76. The highest BCUT2D eigenvalue weighted by atomic mass is 15.2. The number of hydrogen-bond acceptors (Lipinski definition) is 3. The number of hydrogen-bond donors (Lipinski definition) is 1. The first kappa shape index (κ1) is 15.3.